The molecule has 3 heteroatoms. The number of rotatable bonds is 2. The normalized spacial score (nSPS) is 16.9. The largest absolute Gasteiger partial charge is 0.321 e. The second-order valence-electron chi connectivity index (χ2n) is 5.41. The van der Waals surface area contributed by atoms with Crippen molar-refractivity contribution in [1.82, 2.24) is 4.98 Å². The highest BCUT2D eigenvalue weighted by Crippen LogP contribution is 2.48. The van der Waals surface area contributed by atoms with E-state index in [4.69, 9.17) is 10.7 Å². The fraction of sp³-hybridized carbons (Fsp3) is 0.400. The lowest BCUT2D eigenvalue weighted by atomic mass is 10.1. The van der Waals surface area contributed by atoms with E-state index in [-0.39, 0.29) is 5.54 Å². The fourth-order valence-corrected chi connectivity index (χ4v) is 3.70. The van der Waals surface area contributed by atoms with Crippen molar-refractivity contribution in [2.45, 2.75) is 39.2 Å². The first-order chi connectivity index (χ1) is 8.49. The van der Waals surface area contributed by atoms with Crippen LogP contribution in [-0.2, 0) is 5.54 Å². The Hall–Kier alpha value is -1.19. The first-order valence-electron chi connectivity index (χ1n) is 6.34. The zero-order valence-corrected chi connectivity index (χ0v) is 11.9. The number of hydrogen-bond acceptors (Lipinski definition) is 3. The molecule has 0 unspecified atom stereocenters. The van der Waals surface area contributed by atoms with Gasteiger partial charge in [-0.3, -0.25) is 0 Å². The first kappa shape index (κ1) is 11.9. The van der Waals surface area contributed by atoms with Gasteiger partial charge in [-0.05, 0) is 39.2 Å². The zero-order valence-electron chi connectivity index (χ0n) is 11.1. The maximum absolute atomic E-state index is 6.29. The average Bonchev–Trinajstić information content (AvgIpc) is 2.91. The Morgan fingerprint density at radius 1 is 1.22 bits per heavy atom. The molecular formula is C15H18N2S. The molecule has 1 heterocycles. The standard InChI is InChI=1S/C15H18N2S/c1-9-4-5-12(10(2)8-9)14-17-11(3)13(18-14)15(16)6-7-15/h4-5,8H,6-7,16H2,1-3H3. The second-order valence-corrected chi connectivity index (χ2v) is 6.41. The molecule has 18 heavy (non-hydrogen) atoms. The zero-order chi connectivity index (χ0) is 12.9. The van der Waals surface area contributed by atoms with Gasteiger partial charge in [0.05, 0.1) is 11.2 Å². The minimum Gasteiger partial charge on any atom is -0.321 e. The van der Waals surface area contributed by atoms with Gasteiger partial charge in [-0.2, -0.15) is 0 Å². The first-order valence-corrected chi connectivity index (χ1v) is 7.16. The molecule has 0 spiro atoms. The van der Waals surface area contributed by atoms with Crippen LogP contribution in [-0.4, -0.2) is 4.98 Å². The van der Waals surface area contributed by atoms with Gasteiger partial charge in [-0.25, -0.2) is 4.98 Å². The third kappa shape index (κ3) is 1.88. The van der Waals surface area contributed by atoms with Crippen molar-refractivity contribution in [1.29, 1.82) is 0 Å². The predicted molar refractivity (Wildman–Crippen MR) is 76.9 cm³/mol. The molecule has 94 valence electrons. The van der Waals surface area contributed by atoms with E-state index < -0.39 is 0 Å². The summed E-state index contributed by atoms with van der Waals surface area (Å²) in [5.41, 5.74) is 11.2. The van der Waals surface area contributed by atoms with Crippen molar-refractivity contribution in [3.63, 3.8) is 0 Å². The molecule has 1 aliphatic carbocycles. The molecule has 0 radical (unpaired) electrons. The molecular weight excluding hydrogens is 240 g/mol. The Labute approximate surface area is 112 Å². The molecule has 1 aromatic carbocycles. The van der Waals surface area contributed by atoms with Crippen molar-refractivity contribution in [3.8, 4) is 10.6 Å². The quantitative estimate of drug-likeness (QED) is 0.892. The number of nitrogens with zero attached hydrogens (tertiary/aromatic N) is 1. The summed E-state index contributed by atoms with van der Waals surface area (Å²) in [6.07, 6.45) is 2.20. The van der Waals surface area contributed by atoms with Gasteiger partial charge >= 0.3 is 0 Å². The smallest absolute Gasteiger partial charge is 0.124 e. The maximum atomic E-state index is 6.29. The highest BCUT2D eigenvalue weighted by Gasteiger charge is 2.43. The summed E-state index contributed by atoms with van der Waals surface area (Å²) in [4.78, 5) is 5.99. The van der Waals surface area contributed by atoms with E-state index in [1.54, 1.807) is 11.3 Å². The average molecular weight is 258 g/mol. The maximum Gasteiger partial charge on any atom is 0.124 e. The van der Waals surface area contributed by atoms with Crippen LogP contribution >= 0.6 is 11.3 Å². The van der Waals surface area contributed by atoms with Crippen molar-refractivity contribution in [2.75, 3.05) is 0 Å². The van der Waals surface area contributed by atoms with Crippen LogP contribution in [0.4, 0.5) is 0 Å². The van der Waals surface area contributed by atoms with Crippen molar-refractivity contribution in [3.05, 3.63) is 39.9 Å². The van der Waals surface area contributed by atoms with Gasteiger partial charge in [-0.15, -0.1) is 11.3 Å². The van der Waals surface area contributed by atoms with Gasteiger partial charge < -0.3 is 5.73 Å². The summed E-state index contributed by atoms with van der Waals surface area (Å²) in [6, 6.07) is 6.53. The van der Waals surface area contributed by atoms with Crippen LogP contribution in [0.15, 0.2) is 18.2 Å². The predicted octanol–water partition coefficient (Wildman–Crippen LogP) is 3.68. The van der Waals surface area contributed by atoms with Crippen LogP contribution in [0.3, 0.4) is 0 Å². The molecule has 0 atom stereocenters. The van der Waals surface area contributed by atoms with Crippen LogP contribution in [0.5, 0.6) is 0 Å². The Balaban J connectivity index is 2.07. The summed E-state index contributed by atoms with van der Waals surface area (Å²) in [6.45, 7) is 6.34. The molecule has 3 rings (SSSR count). The number of aromatic nitrogens is 1. The van der Waals surface area contributed by atoms with E-state index in [2.05, 4.69) is 39.0 Å². The lowest BCUT2D eigenvalue weighted by Gasteiger charge is -2.05. The van der Waals surface area contributed by atoms with Gasteiger partial charge in [0, 0.05) is 10.4 Å². The summed E-state index contributed by atoms with van der Waals surface area (Å²) in [5.74, 6) is 0. The number of benzene rings is 1. The van der Waals surface area contributed by atoms with Crippen molar-refractivity contribution < 1.29 is 0 Å². The van der Waals surface area contributed by atoms with Gasteiger partial charge in [0.25, 0.3) is 0 Å². The van der Waals surface area contributed by atoms with Crippen LogP contribution in [0.1, 0.15) is 34.5 Å². The molecule has 1 saturated carbocycles. The molecule has 0 amide bonds. The van der Waals surface area contributed by atoms with Gasteiger partial charge in [0.15, 0.2) is 0 Å². The summed E-state index contributed by atoms with van der Waals surface area (Å²) in [5, 5.41) is 1.11. The van der Waals surface area contributed by atoms with Crippen LogP contribution < -0.4 is 5.73 Å². The highest BCUT2D eigenvalue weighted by atomic mass is 32.1. The van der Waals surface area contributed by atoms with Gasteiger partial charge in [0.2, 0.25) is 0 Å². The van der Waals surface area contributed by atoms with Crippen molar-refractivity contribution >= 4 is 11.3 Å². The third-order valence-corrected chi connectivity index (χ3v) is 5.06. The molecule has 0 aliphatic heterocycles. The topological polar surface area (TPSA) is 38.9 Å². The second kappa shape index (κ2) is 3.90. The molecule has 2 aromatic rings. The third-order valence-electron chi connectivity index (χ3n) is 3.65. The number of hydrogen-bond donors (Lipinski definition) is 1. The van der Waals surface area contributed by atoms with Gasteiger partial charge in [-0.1, -0.05) is 23.8 Å². The van der Waals surface area contributed by atoms with Crippen LogP contribution in [0.25, 0.3) is 10.6 Å². The van der Waals surface area contributed by atoms with E-state index in [1.165, 1.54) is 21.6 Å². The summed E-state index contributed by atoms with van der Waals surface area (Å²) >= 11 is 1.77. The van der Waals surface area contributed by atoms with E-state index in [0.717, 1.165) is 23.5 Å². The molecule has 0 bridgehead atoms. The molecule has 2 N–H and O–H groups in total. The Bertz CT molecular complexity index is 609. The van der Waals surface area contributed by atoms with E-state index in [1.807, 2.05) is 0 Å². The van der Waals surface area contributed by atoms with Crippen LogP contribution in [0, 0.1) is 20.8 Å². The number of nitrogens with two attached hydrogens (primary N) is 1. The van der Waals surface area contributed by atoms with E-state index >= 15 is 0 Å². The number of aryl methyl sites for hydroxylation is 3. The summed E-state index contributed by atoms with van der Waals surface area (Å²) < 4.78 is 0. The minimum absolute atomic E-state index is 0.0708. The van der Waals surface area contributed by atoms with E-state index in [0.29, 0.717) is 0 Å². The van der Waals surface area contributed by atoms with Crippen molar-refractivity contribution in [2.24, 2.45) is 5.73 Å². The molecule has 0 saturated heterocycles. The Morgan fingerprint density at radius 3 is 2.56 bits per heavy atom. The molecule has 1 aromatic heterocycles. The highest BCUT2D eigenvalue weighted by molar-refractivity contribution is 7.15. The monoisotopic (exact) mass is 258 g/mol. The molecule has 2 nitrogen and oxygen atoms in total. The van der Waals surface area contributed by atoms with Crippen LogP contribution in [0.2, 0.25) is 0 Å². The van der Waals surface area contributed by atoms with E-state index in [9.17, 15) is 0 Å². The minimum atomic E-state index is -0.0708. The molecule has 1 aliphatic rings. The summed E-state index contributed by atoms with van der Waals surface area (Å²) in [7, 11) is 0. The lowest BCUT2D eigenvalue weighted by Crippen LogP contribution is -2.18. The Morgan fingerprint density at radius 2 is 1.94 bits per heavy atom. The fourth-order valence-electron chi connectivity index (χ4n) is 2.39. The number of thiazole rings is 1. The SMILES string of the molecule is Cc1ccc(-c2nc(C)c(C3(N)CC3)s2)c(C)c1. The lowest BCUT2D eigenvalue weighted by molar-refractivity contribution is 0.748. The van der Waals surface area contributed by atoms with Gasteiger partial charge in [0.1, 0.15) is 5.01 Å². The Kier molecular flexibility index (Phi) is 2.57. The molecule has 1 fully saturated rings.